The largest absolute Gasteiger partial charge is 0.391 e. The molecule has 6 heteroatoms. The van der Waals surface area contributed by atoms with Gasteiger partial charge in [0, 0.05) is 20.2 Å². The number of likely N-dealkylation sites (N-methyl/N-ethyl adjacent to an activating group) is 1. The quantitative estimate of drug-likeness (QED) is 0.900. The molecular formula is C10H15ClN2O2S. The molecule has 0 spiro atoms. The van der Waals surface area contributed by atoms with Crippen LogP contribution in [0.3, 0.4) is 0 Å². The van der Waals surface area contributed by atoms with Crippen LogP contribution in [0.1, 0.15) is 17.7 Å². The van der Waals surface area contributed by atoms with Gasteiger partial charge in [0.25, 0.3) is 0 Å². The summed E-state index contributed by atoms with van der Waals surface area (Å²) in [6, 6.07) is 0. The van der Waals surface area contributed by atoms with E-state index in [1.807, 2.05) is 11.9 Å². The summed E-state index contributed by atoms with van der Waals surface area (Å²) in [7, 11) is 1.97. The number of hydrogen-bond acceptors (Lipinski definition) is 5. The highest BCUT2D eigenvalue weighted by Crippen LogP contribution is 2.29. The van der Waals surface area contributed by atoms with Crippen LogP contribution in [0, 0.1) is 0 Å². The summed E-state index contributed by atoms with van der Waals surface area (Å²) in [6.45, 7) is 1.64. The molecule has 1 aromatic rings. The highest BCUT2D eigenvalue weighted by Gasteiger charge is 2.19. The van der Waals surface area contributed by atoms with E-state index in [1.165, 1.54) is 11.3 Å². The van der Waals surface area contributed by atoms with Gasteiger partial charge in [-0.3, -0.25) is 0 Å². The first-order valence-corrected chi connectivity index (χ1v) is 6.49. The van der Waals surface area contributed by atoms with E-state index >= 15 is 0 Å². The molecule has 1 N–H and O–H groups in total. The standard InChI is InChI=1S/C10H15ClN2O2S/c1-13(5-7-3-2-4-15-7)10-12-9(11)8(6-14)16-10/h7,14H,2-6H2,1H3. The maximum atomic E-state index is 9.04. The number of aromatic nitrogens is 1. The lowest BCUT2D eigenvalue weighted by molar-refractivity contribution is 0.116. The lowest BCUT2D eigenvalue weighted by atomic mass is 10.2. The van der Waals surface area contributed by atoms with Crippen LogP contribution in [0.2, 0.25) is 5.15 Å². The summed E-state index contributed by atoms with van der Waals surface area (Å²) in [4.78, 5) is 6.97. The summed E-state index contributed by atoms with van der Waals surface area (Å²) in [5.41, 5.74) is 0. The predicted molar refractivity (Wildman–Crippen MR) is 65.3 cm³/mol. The van der Waals surface area contributed by atoms with Crippen LogP contribution in [-0.2, 0) is 11.3 Å². The number of aliphatic hydroxyl groups is 1. The second kappa shape index (κ2) is 5.31. The van der Waals surface area contributed by atoms with Gasteiger partial charge in [0.05, 0.1) is 17.6 Å². The Morgan fingerprint density at radius 3 is 3.06 bits per heavy atom. The van der Waals surface area contributed by atoms with Gasteiger partial charge < -0.3 is 14.7 Å². The third-order valence-corrected chi connectivity index (χ3v) is 4.19. The van der Waals surface area contributed by atoms with Crippen molar-refractivity contribution in [2.45, 2.75) is 25.6 Å². The number of anilines is 1. The fourth-order valence-electron chi connectivity index (χ4n) is 1.75. The van der Waals surface area contributed by atoms with Crippen molar-refractivity contribution >= 4 is 28.1 Å². The molecule has 1 saturated heterocycles. The number of aliphatic hydroxyl groups excluding tert-OH is 1. The number of thiazole rings is 1. The second-order valence-electron chi connectivity index (χ2n) is 3.88. The third-order valence-electron chi connectivity index (χ3n) is 2.61. The average Bonchev–Trinajstić information content (AvgIpc) is 2.87. The highest BCUT2D eigenvalue weighted by atomic mass is 35.5. The third kappa shape index (κ3) is 2.66. The monoisotopic (exact) mass is 262 g/mol. The molecule has 1 unspecified atom stereocenters. The van der Waals surface area contributed by atoms with Crippen LogP contribution < -0.4 is 4.90 Å². The van der Waals surface area contributed by atoms with Gasteiger partial charge in [-0.15, -0.1) is 0 Å². The van der Waals surface area contributed by atoms with E-state index in [1.54, 1.807) is 0 Å². The summed E-state index contributed by atoms with van der Waals surface area (Å²) in [5.74, 6) is 0. The Kier molecular flexibility index (Phi) is 4.02. The van der Waals surface area contributed by atoms with Crippen molar-refractivity contribution in [3.63, 3.8) is 0 Å². The zero-order valence-electron chi connectivity index (χ0n) is 9.15. The number of hydrogen-bond donors (Lipinski definition) is 1. The smallest absolute Gasteiger partial charge is 0.186 e. The fourth-order valence-corrected chi connectivity index (χ4v) is 2.84. The first-order valence-electron chi connectivity index (χ1n) is 5.29. The van der Waals surface area contributed by atoms with Gasteiger partial charge in [0.15, 0.2) is 5.13 Å². The molecule has 2 rings (SSSR count). The van der Waals surface area contributed by atoms with Crippen LogP contribution in [0.4, 0.5) is 5.13 Å². The van der Waals surface area contributed by atoms with E-state index in [0.29, 0.717) is 11.3 Å². The van der Waals surface area contributed by atoms with E-state index in [-0.39, 0.29) is 6.61 Å². The van der Waals surface area contributed by atoms with Crippen LogP contribution in [-0.4, -0.2) is 36.4 Å². The Hall–Kier alpha value is -0.360. The number of nitrogens with zero attached hydrogens (tertiary/aromatic N) is 2. The SMILES string of the molecule is CN(CC1CCCO1)c1nc(Cl)c(CO)s1. The van der Waals surface area contributed by atoms with Gasteiger partial charge in [0.2, 0.25) is 0 Å². The Balaban J connectivity index is 1.99. The van der Waals surface area contributed by atoms with E-state index in [4.69, 9.17) is 21.4 Å². The van der Waals surface area contributed by atoms with Crippen LogP contribution in [0.15, 0.2) is 0 Å². The Labute approximate surface area is 104 Å². The molecule has 1 fully saturated rings. The minimum Gasteiger partial charge on any atom is -0.391 e. The van der Waals surface area contributed by atoms with Crippen molar-refractivity contribution in [1.29, 1.82) is 0 Å². The molecule has 0 radical (unpaired) electrons. The van der Waals surface area contributed by atoms with Crippen molar-refractivity contribution in [2.24, 2.45) is 0 Å². The van der Waals surface area contributed by atoms with Crippen LogP contribution >= 0.6 is 22.9 Å². The van der Waals surface area contributed by atoms with Gasteiger partial charge in [0.1, 0.15) is 5.15 Å². The topological polar surface area (TPSA) is 45.6 Å². The molecule has 0 amide bonds. The lowest BCUT2D eigenvalue weighted by Gasteiger charge is -2.19. The molecule has 1 aliphatic heterocycles. The second-order valence-corrected chi connectivity index (χ2v) is 5.30. The molecule has 1 aliphatic rings. The minimum atomic E-state index is -0.0513. The van der Waals surface area contributed by atoms with Crippen molar-refractivity contribution in [3.8, 4) is 0 Å². The number of ether oxygens (including phenoxy) is 1. The number of rotatable bonds is 4. The maximum absolute atomic E-state index is 9.04. The summed E-state index contributed by atoms with van der Waals surface area (Å²) in [5, 5.41) is 10.3. The molecule has 1 atom stereocenters. The molecule has 90 valence electrons. The van der Waals surface area contributed by atoms with Crippen molar-refractivity contribution < 1.29 is 9.84 Å². The Morgan fingerprint density at radius 1 is 1.69 bits per heavy atom. The average molecular weight is 263 g/mol. The molecule has 1 aromatic heterocycles. The highest BCUT2D eigenvalue weighted by molar-refractivity contribution is 7.16. The van der Waals surface area contributed by atoms with E-state index in [9.17, 15) is 0 Å². The van der Waals surface area contributed by atoms with Gasteiger partial charge in [-0.2, -0.15) is 0 Å². The van der Waals surface area contributed by atoms with Crippen LogP contribution in [0.5, 0.6) is 0 Å². The van der Waals surface area contributed by atoms with Crippen molar-refractivity contribution in [3.05, 3.63) is 10.0 Å². The molecule has 16 heavy (non-hydrogen) atoms. The predicted octanol–water partition coefficient (Wildman–Crippen LogP) is 1.90. The summed E-state index contributed by atoms with van der Waals surface area (Å²) >= 11 is 7.32. The summed E-state index contributed by atoms with van der Waals surface area (Å²) < 4.78 is 5.56. The van der Waals surface area contributed by atoms with E-state index in [0.717, 1.165) is 36.0 Å². The summed E-state index contributed by atoms with van der Waals surface area (Å²) in [6.07, 6.45) is 2.54. The Morgan fingerprint density at radius 2 is 2.50 bits per heavy atom. The zero-order valence-corrected chi connectivity index (χ0v) is 10.7. The first-order chi connectivity index (χ1) is 7.70. The van der Waals surface area contributed by atoms with E-state index < -0.39 is 0 Å². The first kappa shape index (κ1) is 12.1. The van der Waals surface area contributed by atoms with Gasteiger partial charge in [-0.25, -0.2) is 4.98 Å². The van der Waals surface area contributed by atoms with Crippen molar-refractivity contribution in [2.75, 3.05) is 25.1 Å². The number of halogens is 1. The van der Waals surface area contributed by atoms with Crippen molar-refractivity contribution in [1.82, 2.24) is 4.98 Å². The fraction of sp³-hybridized carbons (Fsp3) is 0.700. The van der Waals surface area contributed by atoms with Gasteiger partial charge >= 0.3 is 0 Å². The molecule has 0 aliphatic carbocycles. The van der Waals surface area contributed by atoms with Gasteiger partial charge in [-0.05, 0) is 12.8 Å². The molecular weight excluding hydrogens is 248 g/mol. The molecule has 0 bridgehead atoms. The molecule has 4 nitrogen and oxygen atoms in total. The minimum absolute atomic E-state index is 0.0513. The molecule has 0 saturated carbocycles. The zero-order chi connectivity index (χ0) is 11.5. The molecule has 0 aromatic carbocycles. The van der Waals surface area contributed by atoms with Crippen LogP contribution in [0.25, 0.3) is 0 Å². The van der Waals surface area contributed by atoms with E-state index in [2.05, 4.69) is 4.98 Å². The normalized spacial score (nSPS) is 20.3. The lowest BCUT2D eigenvalue weighted by Crippen LogP contribution is -2.28. The maximum Gasteiger partial charge on any atom is 0.186 e. The van der Waals surface area contributed by atoms with Gasteiger partial charge in [-0.1, -0.05) is 22.9 Å². The Bertz CT molecular complexity index is 353. The molecule has 2 heterocycles.